The molecule has 0 aliphatic carbocycles. The highest BCUT2D eigenvalue weighted by molar-refractivity contribution is 7.84. The van der Waals surface area contributed by atoms with Gasteiger partial charge in [-0.3, -0.25) is 4.21 Å². The number of anilines is 1. The Balaban J connectivity index is 1.89. The first kappa shape index (κ1) is 25.4. The van der Waals surface area contributed by atoms with Gasteiger partial charge in [0.1, 0.15) is 16.4 Å². The fourth-order valence-corrected chi connectivity index (χ4v) is 5.63. The zero-order chi connectivity index (χ0) is 25.8. The summed E-state index contributed by atoms with van der Waals surface area (Å²) in [4.78, 5) is 3.37. The third kappa shape index (κ3) is 4.62. The van der Waals surface area contributed by atoms with E-state index < -0.39 is 22.5 Å². The summed E-state index contributed by atoms with van der Waals surface area (Å²) in [6, 6.07) is 5.57. The number of alkyl halides is 3. The second-order valence-corrected chi connectivity index (χ2v) is 10.3. The molecule has 0 amide bonds. The molecule has 0 bridgehead atoms. The number of aromatic nitrogens is 5. The zero-order valence-electron chi connectivity index (χ0n) is 19.0. The van der Waals surface area contributed by atoms with Gasteiger partial charge < -0.3 is 15.6 Å². The maximum absolute atomic E-state index is 13.2. The smallest absolute Gasteiger partial charge is 0.416 e. The minimum atomic E-state index is -4.64. The van der Waals surface area contributed by atoms with Crippen molar-refractivity contribution in [1.82, 2.24) is 19.9 Å². The Kier molecular flexibility index (Phi) is 6.58. The highest BCUT2D eigenvalue weighted by Gasteiger charge is 2.33. The van der Waals surface area contributed by atoms with Gasteiger partial charge in [-0.05, 0) is 38.0 Å². The van der Waals surface area contributed by atoms with Gasteiger partial charge >= 0.3 is 6.18 Å². The number of hydrogen-bond acceptors (Lipinski definition) is 4. The van der Waals surface area contributed by atoms with Crippen LogP contribution in [0.25, 0.3) is 22.7 Å². The van der Waals surface area contributed by atoms with Crippen molar-refractivity contribution in [2.75, 3.05) is 12.0 Å². The number of nitrogen functional groups attached to an aromatic ring is 1. The summed E-state index contributed by atoms with van der Waals surface area (Å²) in [6.07, 6.45) is -3.23. The first-order valence-electron chi connectivity index (χ1n) is 10.3. The van der Waals surface area contributed by atoms with Crippen LogP contribution in [0.4, 0.5) is 19.0 Å². The molecule has 0 aliphatic heterocycles. The van der Waals surface area contributed by atoms with E-state index >= 15 is 0 Å². The van der Waals surface area contributed by atoms with Gasteiger partial charge in [0.15, 0.2) is 5.69 Å². The summed E-state index contributed by atoms with van der Waals surface area (Å²) in [5.41, 5.74) is 9.55. The summed E-state index contributed by atoms with van der Waals surface area (Å²) in [6.45, 7) is 5.61. The Labute approximate surface area is 211 Å². The number of nitrogens with zero attached hydrogens (tertiary/aromatic N) is 3. The third-order valence-corrected chi connectivity index (χ3v) is 7.11. The molecule has 35 heavy (non-hydrogen) atoms. The number of aromatic amines is 2. The van der Waals surface area contributed by atoms with Crippen molar-refractivity contribution in [2.45, 2.75) is 31.8 Å². The standard InChI is InChI=1S/C21H20BCl2F3N6OS/c1-9-5-10(2)15(11(3)6-9)22-29-20(30-32-22)16-18(35(4)34)19(28)33(31-16)17-13(23)7-12(8-14(17)24)21(25,26)27/h5-8,29,32H,28H2,1-4H3. The summed E-state index contributed by atoms with van der Waals surface area (Å²) in [5.74, 6) is 0.184. The lowest BCUT2D eigenvalue weighted by atomic mass is 9.73. The molecule has 0 radical (unpaired) electrons. The molecule has 2 aromatic carbocycles. The molecule has 1 unspecified atom stereocenters. The lowest BCUT2D eigenvalue weighted by Gasteiger charge is -2.13. The number of benzene rings is 2. The third-order valence-electron chi connectivity index (χ3n) is 5.56. The second kappa shape index (κ2) is 9.07. The van der Waals surface area contributed by atoms with Crippen LogP contribution in [0.5, 0.6) is 0 Å². The zero-order valence-corrected chi connectivity index (χ0v) is 21.3. The Morgan fingerprint density at radius 2 is 1.69 bits per heavy atom. The van der Waals surface area contributed by atoms with E-state index in [2.05, 4.69) is 32.2 Å². The number of hydrogen-bond donors (Lipinski definition) is 2. The van der Waals surface area contributed by atoms with Crippen LogP contribution in [0.2, 0.25) is 10.0 Å². The molecule has 4 aromatic rings. The first-order valence-corrected chi connectivity index (χ1v) is 12.6. The molecule has 1 atom stereocenters. The fraction of sp³-hybridized carbons (Fsp3) is 0.238. The van der Waals surface area contributed by atoms with E-state index in [1.165, 1.54) is 6.26 Å². The van der Waals surface area contributed by atoms with Crippen LogP contribution in [-0.2, 0) is 17.0 Å². The van der Waals surface area contributed by atoms with Crippen LogP contribution in [0.1, 0.15) is 22.3 Å². The van der Waals surface area contributed by atoms with Crippen LogP contribution in [0.15, 0.2) is 29.2 Å². The van der Waals surface area contributed by atoms with E-state index in [-0.39, 0.29) is 44.6 Å². The average molecular weight is 543 g/mol. The number of nitrogens with two attached hydrogens (primary N) is 1. The summed E-state index contributed by atoms with van der Waals surface area (Å²) >= 11 is 12.3. The molecule has 4 rings (SSSR count). The summed E-state index contributed by atoms with van der Waals surface area (Å²) in [5, 5.41) is 11.1. The predicted molar refractivity (Wildman–Crippen MR) is 131 cm³/mol. The SMILES string of the molecule is Cc1cc(C)c(-[b-]2[nH]nc(-c3nn(-c4c(Cl)cc(C(F)(F)F)cc4Cl)c(N)c3S(C)=O)[nH+]2)c(C)c1. The predicted octanol–water partition coefficient (Wildman–Crippen LogP) is 4.66. The molecule has 2 heterocycles. The summed E-state index contributed by atoms with van der Waals surface area (Å²) < 4.78 is 53.2. The van der Waals surface area contributed by atoms with E-state index in [9.17, 15) is 17.4 Å². The monoisotopic (exact) mass is 542 g/mol. The van der Waals surface area contributed by atoms with Gasteiger partial charge in [-0.1, -0.05) is 52.0 Å². The molecule has 4 N–H and O–H groups in total. The van der Waals surface area contributed by atoms with Crippen molar-refractivity contribution in [2.24, 2.45) is 0 Å². The van der Waals surface area contributed by atoms with Gasteiger partial charge in [0, 0.05) is 6.26 Å². The summed E-state index contributed by atoms with van der Waals surface area (Å²) in [7, 11) is -1.62. The van der Waals surface area contributed by atoms with E-state index in [1.807, 2.05) is 20.8 Å². The van der Waals surface area contributed by atoms with Crippen molar-refractivity contribution in [3.05, 3.63) is 56.6 Å². The molecule has 14 heteroatoms. The topological polar surface area (TPSA) is 104 Å². The van der Waals surface area contributed by atoms with Crippen LogP contribution in [-0.4, -0.2) is 37.0 Å². The molecule has 2 aromatic heterocycles. The number of halogens is 5. The minimum Gasteiger partial charge on any atom is -0.462 e. The van der Waals surface area contributed by atoms with E-state index in [4.69, 9.17) is 28.9 Å². The number of nitrogens with one attached hydrogen (secondary N) is 2. The van der Waals surface area contributed by atoms with Crippen molar-refractivity contribution in [1.29, 1.82) is 0 Å². The number of aryl methyl sites for hydroxylation is 3. The normalized spacial score (nSPS) is 12.8. The van der Waals surface area contributed by atoms with E-state index in [1.54, 1.807) is 0 Å². The van der Waals surface area contributed by atoms with Crippen molar-refractivity contribution < 1.29 is 22.3 Å². The Bertz CT molecular complexity index is 1450. The number of H-pyrrole nitrogens is 2. The van der Waals surface area contributed by atoms with Gasteiger partial charge in [0.2, 0.25) is 0 Å². The van der Waals surface area contributed by atoms with Gasteiger partial charge in [-0.15, -0.1) is 5.46 Å². The molecule has 0 saturated heterocycles. The average Bonchev–Trinajstić information content (AvgIpc) is 3.31. The minimum absolute atomic E-state index is 0.0647. The van der Waals surface area contributed by atoms with Crippen LogP contribution < -0.4 is 10.6 Å². The molecule has 0 fully saturated rings. The van der Waals surface area contributed by atoms with Gasteiger partial charge in [-0.25, -0.2) is 4.68 Å². The van der Waals surface area contributed by atoms with Gasteiger partial charge in [-0.2, -0.15) is 18.3 Å². The maximum atomic E-state index is 13.2. The first-order chi connectivity index (χ1) is 16.3. The number of rotatable bonds is 4. The maximum Gasteiger partial charge on any atom is 0.416 e. The largest absolute Gasteiger partial charge is 0.462 e. The molecular formula is C21H20BCl2F3N6OS. The van der Waals surface area contributed by atoms with Gasteiger partial charge in [0.05, 0.1) is 26.4 Å². The lowest BCUT2D eigenvalue weighted by Crippen LogP contribution is -2.23. The van der Waals surface area contributed by atoms with E-state index in [0.717, 1.165) is 39.0 Å². The van der Waals surface area contributed by atoms with Crippen molar-refractivity contribution in [3.63, 3.8) is 0 Å². The Hall–Kier alpha value is -2.70. The molecule has 7 nitrogen and oxygen atoms in total. The van der Waals surface area contributed by atoms with Crippen molar-refractivity contribution >= 4 is 46.4 Å². The van der Waals surface area contributed by atoms with Crippen LogP contribution in [0, 0.1) is 20.8 Å². The fourth-order valence-electron chi connectivity index (χ4n) is 4.19. The molecule has 0 saturated carbocycles. The lowest BCUT2D eigenvalue weighted by molar-refractivity contribution is -0.298. The molecular weight excluding hydrogens is 523 g/mol. The highest BCUT2D eigenvalue weighted by Crippen LogP contribution is 2.39. The van der Waals surface area contributed by atoms with Crippen LogP contribution in [0.3, 0.4) is 0 Å². The molecule has 184 valence electrons. The second-order valence-electron chi connectivity index (χ2n) is 8.19. The van der Waals surface area contributed by atoms with Crippen molar-refractivity contribution in [3.8, 4) is 22.7 Å². The Morgan fingerprint density at radius 3 is 2.20 bits per heavy atom. The quantitative estimate of drug-likeness (QED) is 0.391. The highest BCUT2D eigenvalue weighted by atomic mass is 35.5. The van der Waals surface area contributed by atoms with E-state index in [0.29, 0.717) is 0 Å². The molecule has 0 aliphatic rings. The Morgan fingerprint density at radius 1 is 1.11 bits per heavy atom. The van der Waals surface area contributed by atoms with Gasteiger partial charge in [0.25, 0.3) is 12.5 Å². The molecule has 0 spiro atoms. The van der Waals surface area contributed by atoms with Crippen LogP contribution >= 0.6 is 23.2 Å².